The molecule has 18 heavy (non-hydrogen) atoms. The Kier molecular flexibility index (Phi) is 3.39. The van der Waals surface area contributed by atoms with Crippen LogP contribution in [-0.4, -0.2) is 14.8 Å². The number of nitrogens with zero attached hydrogens (tertiary/aromatic N) is 3. The molecule has 0 bridgehead atoms. The van der Waals surface area contributed by atoms with E-state index >= 15 is 0 Å². The molecule has 0 saturated heterocycles. The fraction of sp³-hybridized carbons (Fsp3) is 0.385. The Morgan fingerprint density at radius 2 is 1.78 bits per heavy atom. The van der Waals surface area contributed by atoms with E-state index in [-0.39, 0.29) is 5.41 Å². The quantitative estimate of drug-likeness (QED) is 0.786. The molecule has 0 saturated carbocycles. The minimum Gasteiger partial charge on any atom is -0.269 e. The average Bonchev–Trinajstić information content (AvgIpc) is 2.64. The summed E-state index contributed by atoms with van der Waals surface area (Å²) in [6.07, 6.45) is 0. The standard InChI is InChI=1S/C13H15Cl2N3/c1-8-5-6-9(7-10(8)14)18-11(13(2,3)4)16-17-12(18)15/h5-7H,1-4H3. The van der Waals surface area contributed by atoms with Crippen LogP contribution in [0.3, 0.4) is 0 Å². The number of hydrogen-bond donors (Lipinski definition) is 0. The zero-order chi connectivity index (χ0) is 13.5. The molecule has 0 unspecified atom stereocenters. The van der Waals surface area contributed by atoms with Crippen molar-refractivity contribution in [1.82, 2.24) is 14.8 Å². The van der Waals surface area contributed by atoms with Gasteiger partial charge in [0.2, 0.25) is 5.28 Å². The van der Waals surface area contributed by atoms with Gasteiger partial charge in [-0.1, -0.05) is 38.4 Å². The largest absolute Gasteiger partial charge is 0.269 e. The van der Waals surface area contributed by atoms with Crippen molar-refractivity contribution in [3.8, 4) is 5.69 Å². The van der Waals surface area contributed by atoms with Gasteiger partial charge in [-0.3, -0.25) is 4.57 Å². The zero-order valence-corrected chi connectivity index (χ0v) is 12.3. The highest BCUT2D eigenvalue weighted by Gasteiger charge is 2.24. The van der Waals surface area contributed by atoms with Gasteiger partial charge in [0.05, 0.1) is 5.69 Å². The fourth-order valence-corrected chi connectivity index (χ4v) is 2.09. The normalized spacial score (nSPS) is 11.9. The molecule has 0 radical (unpaired) electrons. The summed E-state index contributed by atoms with van der Waals surface area (Å²) >= 11 is 12.3. The third-order valence-corrected chi connectivity index (χ3v) is 3.36. The van der Waals surface area contributed by atoms with Crippen molar-refractivity contribution in [3.05, 3.63) is 39.9 Å². The van der Waals surface area contributed by atoms with Crippen LogP contribution < -0.4 is 0 Å². The van der Waals surface area contributed by atoms with E-state index in [0.29, 0.717) is 10.3 Å². The Morgan fingerprint density at radius 3 is 2.33 bits per heavy atom. The average molecular weight is 284 g/mol. The smallest absolute Gasteiger partial charge is 0.229 e. The van der Waals surface area contributed by atoms with Crippen LogP contribution in [0.2, 0.25) is 10.3 Å². The fourth-order valence-electron chi connectivity index (χ4n) is 1.70. The molecule has 1 aromatic heterocycles. The van der Waals surface area contributed by atoms with Gasteiger partial charge in [0.15, 0.2) is 0 Å². The van der Waals surface area contributed by atoms with Gasteiger partial charge in [-0.25, -0.2) is 0 Å². The Hall–Kier alpha value is -1.06. The first kappa shape index (κ1) is 13.4. The van der Waals surface area contributed by atoms with Crippen molar-refractivity contribution < 1.29 is 0 Å². The Balaban J connectivity index is 2.63. The maximum Gasteiger partial charge on any atom is 0.229 e. The summed E-state index contributed by atoms with van der Waals surface area (Å²) in [7, 11) is 0. The molecule has 0 fully saturated rings. The van der Waals surface area contributed by atoms with Crippen LogP contribution in [0.4, 0.5) is 0 Å². The van der Waals surface area contributed by atoms with Crippen molar-refractivity contribution in [2.24, 2.45) is 0 Å². The van der Waals surface area contributed by atoms with Crippen LogP contribution >= 0.6 is 23.2 Å². The minimum atomic E-state index is -0.141. The SMILES string of the molecule is Cc1ccc(-n2c(Cl)nnc2C(C)(C)C)cc1Cl. The van der Waals surface area contributed by atoms with Crippen molar-refractivity contribution >= 4 is 23.2 Å². The molecule has 0 aliphatic rings. The molecule has 0 N–H and O–H groups in total. The molecule has 96 valence electrons. The molecule has 2 aromatic rings. The first-order valence-corrected chi connectivity index (χ1v) is 6.44. The van der Waals surface area contributed by atoms with Crippen LogP contribution in [0, 0.1) is 6.92 Å². The molecular weight excluding hydrogens is 269 g/mol. The van der Waals surface area contributed by atoms with E-state index in [2.05, 4.69) is 31.0 Å². The minimum absolute atomic E-state index is 0.141. The van der Waals surface area contributed by atoms with Gasteiger partial charge in [0.25, 0.3) is 0 Å². The van der Waals surface area contributed by atoms with Gasteiger partial charge in [-0.15, -0.1) is 10.2 Å². The Morgan fingerprint density at radius 1 is 1.11 bits per heavy atom. The summed E-state index contributed by atoms with van der Waals surface area (Å²) in [6, 6.07) is 5.80. The molecule has 0 spiro atoms. The van der Waals surface area contributed by atoms with Gasteiger partial charge in [-0.2, -0.15) is 0 Å². The summed E-state index contributed by atoms with van der Waals surface area (Å²) in [6.45, 7) is 8.17. The van der Waals surface area contributed by atoms with Crippen LogP contribution in [0.15, 0.2) is 18.2 Å². The van der Waals surface area contributed by atoms with Crippen LogP contribution in [-0.2, 0) is 5.41 Å². The Bertz CT molecular complexity index is 582. The van der Waals surface area contributed by atoms with Crippen molar-refractivity contribution in [1.29, 1.82) is 0 Å². The lowest BCUT2D eigenvalue weighted by Gasteiger charge is -2.19. The highest BCUT2D eigenvalue weighted by atomic mass is 35.5. The maximum atomic E-state index is 6.15. The molecule has 1 aromatic carbocycles. The number of benzene rings is 1. The van der Waals surface area contributed by atoms with Crippen LogP contribution in [0.25, 0.3) is 5.69 Å². The molecule has 0 aliphatic heterocycles. The Labute approximate surface area is 117 Å². The molecule has 0 atom stereocenters. The number of aryl methyl sites for hydroxylation is 1. The van der Waals surface area contributed by atoms with Gasteiger partial charge < -0.3 is 0 Å². The van der Waals surface area contributed by atoms with Crippen LogP contribution in [0.1, 0.15) is 32.2 Å². The molecule has 5 heteroatoms. The molecule has 1 heterocycles. The predicted octanol–water partition coefficient (Wildman–Crippen LogP) is 4.18. The van der Waals surface area contributed by atoms with Crippen molar-refractivity contribution in [3.63, 3.8) is 0 Å². The first-order valence-electron chi connectivity index (χ1n) is 5.68. The van der Waals surface area contributed by atoms with Gasteiger partial charge in [0, 0.05) is 10.4 Å². The summed E-state index contributed by atoms with van der Waals surface area (Å²) in [5, 5.41) is 9.15. The van der Waals surface area contributed by atoms with Crippen LogP contribution in [0.5, 0.6) is 0 Å². The summed E-state index contributed by atoms with van der Waals surface area (Å²) < 4.78 is 1.83. The molecular formula is C13H15Cl2N3. The van der Waals surface area contributed by atoms with Gasteiger partial charge in [-0.05, 0) is 36.2 Å². The van der Waals surface area contributed by atoms with E-state index in [0.717, 1.165) is 17.1 Å². The van der Waals surface area contributed by atoms with E-state index in [9.17, 15) is 0 Å². The number of aromatic nitrogens is 3. The number of rotatable bonds is 1. The summed E-state index contributed by atoms with van der Waals surface area (Å²) in [5.41, 5.74) is 1.77. The molecule has 0 aliphatic carbocycles. The topological polar surface area (TPSA) is 30.7 Å². The number of halogens is 2. The molecule has 2 rings (SSSR count). The van der Waals surface area contributed by atoms with E-state index in [4.69, 9.17) is 23.2 Å². The second-order valence-electron chi connectivity index (χ2n) is 5.31. The lowest BCUT2D eigenvalue weighted by Crippen LogP contribution is -2.18. The molecule has 0 amide bonds. The van der Waals surface area contributed by atoms with E-state index in [1.54, 1.807) is 0 Å². The zero-order valence-electron chi connectivity index (χ0n) is 10.8. The van der Waals surface area contributed by atoms with E-state index in [1.165, 1.54) is 0 Å². The molecule has 3 nitrogen and oxygen atoms in total. The van der Waals surface area contributed by atoms with Gasteiger partial charge in [0.1, 0.15) is 5.82 Å². The van der Waals surface area contributed by atoms with Gasteiger partial charge >= 0.3 is 0 Å². The van der Waals surface area contributed by atoms with E-state index < -0.39 is 0 Å². The lowest BCUT2D eigenvalue weighted by atomic mass is 9.95. The third-order valence-electron chi connectivity index (χ3n) is 2.71. The maximum absolute atomic E-state index is 6.15. The second-order valence-corrected chi connectivity index (χ2v) is 6.06. The lowest BCUT2D eigenvalue weighted by molar-refractivity contribution is 0.533. The predicted molar refractivity (Wildman–Crippen MR) is 74.8 cm³/mol. The number of hydrogen-bond acceptors (Lipinski definition) is 2. The monoisotopic (exact) mass is 283 g/mol. The van der Waals surface area contributed by atoms with Crippen molar-refractivity contribution in [2.45, 2.75) is 33.1 Å². The first-order chi connectivity index (χ1) is 8.30. The summed E-state index contributed by atoms with van der Waals surface area (Å²) in [4.78, 5) is 0. The summed E-state index contributed by atoms with van der Waals surface area (Å²) in [5.74, 6) is 0.812. The third kappa shape index (κ3) is 2.38. The highest BCUT2D eigenvalue weighted by Crippen LogP contribution is 2.28. The van der Waals surface area contributed by atoms with Crippen molar-refractivity contribution in [2.75, 3.05) is 0 Å². The highest BCUT2D eigenvalue weighted by molar-refractivity contribution is 6.31. The second kappa shape index (κ2) is 4.56. The van der Waals surface area contributed by atoms with E-state index in [1.807, 2.05) is 29.7 Å².